The van der Waals surface area contributed by atoms with Crippen molar-refractivity contribution >= 4 is 17.6 Å². The van der Waals surface area contributed by atoms with Crippen molar-refractivity contribution in [3.8, 4) is 5.75 Å². The van der Waals surface area contributed by atoms with Gasteiger partial charge in [-0.1, -0.05) is 30.3 Å². The summed E-state index contributed by atoms with van der Waals surface area (Å²) in [5, 5.41) is 20.9. The minimum atomic E-state index is -1.24. The van der Waals surface area contributed by atoms with Crippen molar-refractivity contribution in [1.29, 1.82) is 0 Å². The van der Waals surface area contributed by atoms with Crippen molar-refractivity contribution < 1.29 is 19.8 Å². The van der Waals surface area contributed by atoms with Crippen LogP contribution in [-0.4, -0.2) is 22.1 Å². The van der Waals surface area contributed by atoms with Crippen LogP contribution in [0.5, 0.6) is 5.75 Å². The minimum Gasteiger partial charge on any atom is -0.507 e. The normalized spacial score (nSPS) is 10.1. The lowest BCUT2D eigenvalue weighted by Crippen LogP contribution is -2.12. The molecule has 0 bridgehead atoms. The summed E-state index contributed by atoms with van der Waals surface area (Å²) in [6.07, 6.45) is 0.907. The highest BCUT2D eigenvalue weighted by Gasteiger charge is 2.11. The Kier molecular flexibility index (Phi) is 4.56. The van der Waals surface area contributed by atoms with Crippen LogP contribution in [0.2, 0.25) is 0 Å². The van der Waals surface area contributed by atoms with Gasteiger partial charge in [-0.3, -0.25) is 4.79 Å². The lowest BCUT2D eigenvalue weighted by Gasteiger charge is -2.07. The highest BCUT2D eigenvalue weighted by Crippen LogP contribution is 2.21. The van der Waals surface area contributed by atoms with Crippen LogP contribution in [0.4, 0.5) is 5.69 Å². The van der Waals surface area contributed by atoms with E-state index in [-0.39, 0.29) is 17.2 Å². The molecular formula is C16H15NO4. The summed E-state index contributed by atoms with van der Waals surface area (Å²) in [6, 6.07) is 13.6. The van der Waals surface area contributed by atoms with Gasteiger partial charge in [-0.25, -0.2) is 4.79 Å². The van der Waals surface area contributed by atoms with Crippen LogP contribution in [0.25, 0.3) is 0 Å². The van der Waals surface area contributed by atoms with E-state index in [9.17, 15) is 14.7 Å². The highest BCUT2D eigenvalue weighted by atomic mass is 16.4. The van der Waals surface area contributed by atoms with E-state index in [0.29, 0.717) is 18.5 Å². The number of hydrogen-bond donors (Lipinski definition) is 3. The van der Waals surface area contributed by atoms with Crippen LogP contribution in [-0.2, 0) is 11.2 Å². The van der Waals surface area contributed by atoms with E-state index in [4.69, 9.17) is 5.11 Å². The first-order valence-corrected chi connectivity index (χ1v) is 6.46. The molecule has 0 fully saturated rings. The molecule has 3 N–H and O–H groups in total. The van der Waals surface area contributed by atoms with Gasteiger partial charge in [0.15, 0.2) is 0 Å². The molecule has 0 aliphatic heterocycles. The Bertz CT molecular complexity index is 653. The van der Waals surface area contributed by atoms with Crippen molar-refractivity contribution in [1.82, 2.24) is 0 Å². The van der Waals surface area contributed by atoms with Crippen molar-refractivity contribution in [2.24, 2.45) is 0 Å². The number of aromatic hydroxyl groups is 1. The van der Waals surface area contributed by atoms with E-state index < -0.39 is 5.97 Å². The third-order valence-corrected chi connectivity index (χ3v) is 2.99. The number of rotatable bonds is 5. The molecule has 2 aromatic carbocycles. The maximum absolute atomic E-state index is 11.8. The first-order valence-electron chi connectivity index (χ1n) is 6.46. The Hall–Kier alpha value is -2.82. The molecule has 0 aliphatic rings. The molecule has 0 aromatic heterocycles. The maximum atomic E-state index is 11.8. The number of carbonyl (C=O) groups excluding carboxylic acids is 1. The molecule has 5 nitrogen and oxygen atoms in total. The van der Waals surface area contributed by atoms with Gasteiger partial charge in [0.05, 0.1) is 0 Å². The number of carbonyl (C=O) groups is 2. The Morgan fingerprint density at radius 2 is 1.76 bits per heavy atom. The molecule has 1 amide bonds. The molecule has 0 aliphatic carbocycles. The zero-order chi connectivity index (χ0) is 15.2. The summed E-state index contributed by atoms with van der Waals surface area (Å²) in [5.74, 6) is -1.78. The summed E-state index contributed by atoms with van der Waals surface area (Å²) in [6.45, 7) is 0. The molecule has 0 saturated heterocycles. The molecule has 108 valence electrons. The van der Waals surface area contributed by atoms with Crippen molar-refractivity contribution in [2.45, 2.75) is 12.8 Å². The van der Waals surface area contributed by atoms with Gasteiger partial charge in [0, 0.05) is 12.1 Å². The van der Waals surface area contributed by atoms with Gasteiger partial charge < -0.3 is 15.5 Å². The third-order valence-electron chi connectivity index (χ3n) is 2.99. The highest BCUT2D eigenvalue weighted by molar-refractivity contribution is 5.95. The Morgan fingerprint density at radius 1 is 1.05 bits per heavy atom. The predicted octanol–water partition coefficient (Wildman–Crippen LogP) is 2.66. The standard InChI is InChI=1S/C16H15NO4/c18-14-8-7-12(10-13(14)16(20)21)17-15(19)9-6-11-4-2-1-3-5-11/h1-5,7-8,10,18H,6,9H2,(H,17,19)(H,20,21). The van der Waals surface area contributed by atoms with Gasteiger partial charge in [-0.15, -0.1) is 0 Å². The first-order chi connectivity index (χ1) is 10.1. The van der Waals surface area contributed by atoms with Crippen molar-refractivity contribution in [3.05, 3.63) is 59.7 Å². The fourth-order valence-corrected chi connectivity index (χ4v) is 1.91. The van der Waals surface area contributed by atoms with E-state index in [1.165, 1.54) is 18.2 Å². The molecule has 0 heterocycles. The molecule has 2 aromatic rings. The van der Waals surface area contributed by atoms with Crippen molar-refractivity contribution in [3.63, 3.8) is 0 Å². The van der Waals surface area contributed by atoms with Crippen LogP contribution < -0.4 is 5.32 Å². The average molecular weight is 285 g/mol. The number of phenols is 1. The molecule has 0 spiro atoms. The van der Waals surface area contributed by atoms with Crippen LogP contribution in [0.3, 0.4) is 0 Å². The zero-order valence-corrected chi connectivity index (χ0v) is 11.2. The molecule has 5 heteroatoms. The molecule has 0 atom stereocenters. The van der Waals surface area contributed by atoms with Gasteiger partial charge >= 0.3 is 5.97 Å². The average Bonchev–Trinajstić information content (AvgIpc) is 2.48. The smallest absolute Gasteiger partial charge is 0.339 e. The number of aryl methyl sites for hydroxylation is 1. The van der Waals surface area contributed by atoms with Crippen LogP contribution >= 0.6 is 0 Å². The largest absolute Gasteiger partial charge is 0.507 e. The summed E-state index contributed by atoms with van der Waals surface area (Å²) in [4.78, 5) is 22.7. The second-order valence-electron chi connectivity index (χ2n) is 4.57. The Morgan fingerprint density at radius 3 is 2.43 bits per heavy atom. The zero-order valence-electron chi connectivity index (χ0n) is 11.2. The molecule has 0 saturated carbocycles. The third kappa shape index (κ3) is 4.07. The second kappa shape index (κ2) is 6.56. The van der Waals surface area contributed by atoms with E-state index in [0.717, 1.165) is 5.56 Å². The summed E-state index contributed by atoms with van der Waals surface area (Å²) in [7, 11) is 0. The molecular weight excluding hydrogens is 270 g/mol. The van der Waals surface area contributed by atoms with Gasteiger partial charge in [0.2, 0.25) is 5.91 Å². The summed E-state index contributed by atoms with van der Waals surface area (Å²) in [5.41, 5.74) is 1.17. The number of carboxylic acids is 1. The molecule has 0 radical (unpaired) electrons. The maximum Gasteiger partial charge on any atom is 0.339 e. The number of benzene rings is 2. The van der Waals surface area contributed by atoms with E-state index in [1.54, 1.807) is 0 Å². The van der Waals surface area contributed by atoms with E-state index in [1.807, 2.05) is 30.3 Å². The summed E-state index contributed by atoms with van der Waals surface area (Å²) >= 11 is 0. The molecule has 0 unspecified atom stereocenters. The first kappa shape index (κ1) is 14.6. The van der Waals surface area contributed by atoms with E-state index in [2.05, 4.69) is 5.32 Å². The van der Waals surface area contributed by atoms with E-state index >= 15 is 0 Å². The lowest BCUT2D eigenvalue weighted by molar-refractivity contribution is -0.116. The van der Waals surface area contributed by atoms with Crippen LogP contribution in [0.15, 0.2) is 48.5 Å². The SMILES string of the molecule is O=C(CCc1ccccc1)Nc1ccc(O)c(C(=O)O)c1. The number of hydrogen-bond acceptors (Lipinski definition) is 3. The quantitative estimate of drug-likeness (QED) is 0.737. The second-order valence-corrected chi connectivity index (χ2v) is 4.57. The fraction of sp³-hybridized carbons (Fsp3) is 0.125. The van der Waals surface area contributed by atoms with Crippen LogP contribution in [0.1, 0.15) is 22.3 Å². The molecule has 2 rings (SSSR count). The number of nitrogens with one attached hydrogen (secondary N) is 1. The lowest BCUT2D eigenvalue weighted by atomic mass is 10.1. The molecule has 21 heavy (non-hydrogen) atoms. The van der Waals surface area contributed by atoms with Gasteiger partial charge in [-0.2, -0.15) is 0 Å². The number of aromatic carboxylic acids is 1. The van der Waals surface area contributed by atoms with Gasteiger partial charge in [-0.05, 0) is 30.2 Å². The predicted molar refractivity (Wildman–Crippen MR) is 78.5 cm³/mol. The van der Waals surface area contributed by atoms with Crippen molar-refractivity contribution in [2.75, 3.05) is 5.32 Å². The fourth-order valence-electron chi connectivity index (χ4n) is 1.91. The monoisotopic (exact) mass is 285 g/mol. The van der Waals surface area contributed by atoms with Crippen LogP contribution in [0, 0.1) is 0 Å². The van der Waals surface area contributed by atoms with Gasteiger partial charge in [0.1, 0.15) is 11.3 Å². The number of anilines is 1. The minimum absolute atomic E-state index is 0.208. The topological polar surface area (TPSA) is 86.6 Å². The Labute approximate surface area is 121 Å². The Balaban J connectivity index is 1.97. The summed E-state index contributed by atoms with van der Waals surface area (Å²) < 4.78 is 0. The van der Waals surface area contributed by atoms with Gasteiger partial charge in [0.25, 0.3) is 0 Å². The number of amides is 1. The number of carboxylic acid groups (broad SMARTS) is 1.